The summed E-state index contributed by atoms with van der Waals surface area (Å²) in [5.74, 6) is 0.792. The largest absolute Gasteiger partial charge is 0.450 e. The monoisotopic (exact) mass is 258 g/mol. The van der Waals surface area contributed by atoms with E-state index < -0.39 is 4.92 Å². The van der Waals surface area contributed by atoms with Crippen LogP contribution in [0, 0.1) is 24.0 Å². The first-order chi connectivity index (χ1) is 8.97. The van der Waals surface area contributed by atoms with Gasteiger partial charge in [0, 0.05) is 11.8 Å². The first-order valence-electron chi connectivity index (χ1n) is 5.76. The zero-order valence-electron chi connectivity index (χ0n) is 10.7. The van der Waals surface area contributed by atoms with Crippen LogP contribution in [0.25, 0.3) is 0 Å². The lowest BCUT2D eigenvalue weighted by molar-refractivity contribution is -0.385. The van der Waals surface area contributed by atoms with Gasteiger partial charge in [-0.25, -0.2) is 0 Å². The number of aryl methyl sites for hydroxylation is 2. The van der Waals surface area contributed by atoms with Crippen molar-refractivity contribution in [3.05, 3.63) is 57.6 Å². The molecule has 5 nitrogen and oxygen atoms in total. The van der Waals surface area contributed by atoms with Crippen molar-refractivity contribution in [1.29, 1.82) is 0 Å². The number of anilines is 1. The summed E-state index contributed by atoms with van der Waals surface area (Å²) < 4.78 is 5.64. The van der Waals surface area contributed by atoms with Crippen LogP contribution in [-0.4, -0.2) is 4.92 Å². The van der Waals surface area contributed by atoms with Crippen LogP contribution in [0.3, 0.4) is 0 Å². The quantitative estimate of drug-likeness (QED) is 0.518. The molecule has 98 valence electrons. The van der Waals surface area contributed by atoms with E-state index in [1.807, 2.05) is 13.8 Å². The van der Waals surface area contributed by atoms with E-state index in [1.54, 1.807) is 30.3 Å². The lowest BCUT2D eigenvalue weighted by Gasteiger charge is -2.10. The predicted octanol–water partition coefficient (Wildman–Crippen LogP) is 3.59. The lowest BCUT2D eigenvalue weighted by Crippen LogP contribution is -1.95. The molecule has 0 unspecified atom stereocenters. The molecule has 0 heterocycles. The molecular formula is C14H14N2O3. The Kier molecular flexibility index (Phi) is 3.37. The molecule has 5 heteroatoms. The maximum atomic E-state index is 11.0. The maximum absolute atomic E-state index is 11.0. The molecule has 0 bridgehead atoms. The summed E-state index contributed by atoms with van der Waals surface area (Å²) in [7, 11) is 0. The van der Waals surface area contributed by atoms with E-state index in [1.165, 1.54) is 6.07 Å². The summed E-state index contributed by atoms with van der Waals surface area (Å²) in [6.07, 6.45) is 0. The molecule has 0 aliphatic carbocycles. The molecule has 0 fully saturated rings. The fourth-order valence-electron chi connectivity index (χ4n) is 1.76. The van der Waals surface area contributed by atoms with Gasteiger partial charge in [0.15, 0.2) is 0 Å². The van der Waals surface area contributed by atoms with E-state index in [0.717, 1.165) is 11.1 Å². The molecule has 2 aromatic carbocycles. The molecule has 2 rings (SSSR count). The number of benzene rings is 2. The first-order valence-corrected chi connectivity index (χ1v) is 5.76. The minimum Gasteiger partial charge on any atom is -0.450 e. The number of nitrogens with zero attached hydrogens (tertiary/aromatic N) is 1. The topological polar surface area (TPSA) is 78.4 Å². The van der Waals surface area contributed by atoms with Gasteiger partial charge >= 0.3 is 5.69 Å². The fourth-order valence-corrected chi connectivity index (χ4v) is 1.76. The molecule has 2 N–H and O–H groups in total. The van der Waals surface area contributed by atoms with Gasteiger partial charge in [0.2, 0.25) is 5.75 Å². The third kappa shape index (κ3) is 2.82. The maximum Gasteiger partial charge on any atom is 0.311 e. The van der Waals surface area contributed by atoms with Gasteiger partial charge in [0.05, 0.1) is 4.92 Å². The Morgan fingerprint density at radius 2 is 1.84 bits per heavy atom. The number of nitro groups is 1. The number of hydrogen-bond donors (Lipinski definition) is 1. The Hall–Kier alpha value is -2.56. The van der Waals surface area contributed by atoms with Gasteiger partial charge in [-0.1, -0.05) is 6.07 Å². The number of nitrogen functional groups attached to an aromatic ring is 1. The Morgan fingerprint density at radius 3 is 2.47 bits per heavy atom. The second kappa shape index (κ2) is 4.97. The number of nitrogens with two attached hydrogens (primary N) is 1. The summed E-state index contributed by atoms with van der Waals surface area (Å²) in [5, 5.41) is 11.0. The highest BCUT2D eigenvalue weighted by Crippen LogP contribution is 2.33. The molecule has 0 aliphatic rings. The molecule has 0 atom stereocenters. The molecule has 2 aromatic rings. The SMILES string of the molecule is Cc1ccc([N+](=O)[O-])c(Oc2ccc(N)cc2C)c1. The number of ether oxygens (including phenoxy) is 1. The van der Waals surface area contributed by atoms with Crippen molar-refractivity contribution in [3.8, 4) is 11.5 Å². The second-order valence-corrected chi connectivity index (χ2v) is 4.36. The van der Waals surface area contributed by atoms with E-state index in [2.05, 4.69) is 0 Å². The Bertz CT molecular complexity index is 639. The van der Waals surface area contributed by atoms with Crippen molar-refractivity contribution in [2.24, 2.45) is 0 Å². The summed E-state index contributed by atoms with van der Waals surface area (Å²) >= 11 is 0. The lowest BCUT2D eigenvalue weighted by atomic mass is 10.2. The van der Waals surface area contributed by atoms with Gasteiger partial charge in [-0.15, -0.1) is 0 Å². The van der Waals surface area contributed by atoms with Crippen molar-refractivity contribution >= 4 is 11.4 Å². The van der Waals surface area contributed by atoms with E-state index >= 15 is 0 Å². The Morgan fingerprint density at radius 1 is 1.11 bits per heavy atom. The normalized spacial score (nSPS) is 10.2. The highest BCUT2D eigenvalue weighted by molar-refractivity contribution is 5.53. The van der Waals surface area contributed by atoms with E-state index in [4.69, 9.17) is 10.5 Å². The van der Waals surface area contributed by atoms with Crippen LogP contribution in [0.5, 0.6) is 11.5 Å². The molecule has 0 spiro atoms. The van der Waals surface area contributed by atoms with Gasteiger partial charge < -0.3 is 10.5 Å². The average Bonchev–Trinajstić information content (AvgIpc) is 2.32. The highest BCUT2D eigenvalue weighted by Gasteiger charge is 2.16. The Labute approximate surface area is 110 Å². The van der Waals surface area contributed by atoms with Crippen LogP contribution in [0.4, 0.5) is 11.4 Å². The van der Waals surface area contributed by atoms with E-state index in [9.17, 15) is 10.1 Å². The van der Waals surface area contributed by atoms with Crippen molar-refractivity contribution < 1.29 is 9.66 Å². The van der Waals surface area contributed by atoms with Crippen LogP contribution < -0.4 is 10.5 Å². The molecule has 0 saturated carbocycles. The zero-order chi connectivity index (χ0) is 14.0. The van der Waals surface area contributed by atoms with Crippen LogP contribution >= 0.6 is 0 Å². The van der Waals surface area contributed by atoms with Gasteiger partial charge in [-0.05, 0) is 49.2 Å². The first kappa shape index (κ1) is 12.9. The van der Waals surface area contributed by atoms with Gasteiger partial charge in [0.1, 0.15) is 5.75 Å². The van der Waals surface area contributed by atoms with E-state index in [0.29, 0.717) is 11.4 Å². The number of rotatable bonds is 3. The molecule has 0 saturated heterocycles. The summed E-state index contributed by atoms with van der Waals surface area (Å²) in [6.45, 7) is 3.69. The standard InChI is InChI=1S/C14H14N2O3/c1-9-3-5-12(16(17)18)14(7-9)19-13-6-4-11(15)8-10(13)2/h3-8H,15H2,1-2H3. The average molecular weight is 258 g/mol. The van der Waals surface area contributed by atoms with Crippen molar-refractivity contribution in [2.45, 2.75) is 13.8 Å². The highest BCUT2D eigenvalue weighted by atomic mass is 16.6. The van der Waals surface area contributed by atoms with Crippen molar-refractivity contribution in [2.75, 3.05) is 5.73 Å². The van der Waals surface area contributed by atoms with Gasteiger partial charge in [-0.3, -0.25) is 10.1 Å². The van der Waals surface area contributed by atoms with E-state index in [-0.39, 0.29) is 11.4 Å². The molecule has 0 aromatic heterocycles. The zero-order valence-corrected chi connectivity index (χ0v) is 10.7. The minimum atomic E-state index is -0.457. The molecule has 0 amide bonds. The van der Waals surface area contributed by atoms with Gasteiger partial charge in [0.25, 0.3) is 0 Å². The predicted molar refractivity (Wildman–Crippen MR) is 73.5 cm³/mol. The third-order valence-corrected chi connectivity index (χ3v) is 2.73. The minimum absolute atomic E-state index is 0.0539. The smallest absolute Gasteiger partial charge is 0.311 e. The fraction of sp³-hybridized carbons (Fsp3) is 0.143. The second-order valence-electron chi connectivity index (χ2n) is 4.36. The third-order valence-electron chi connectivity index (χ3n) is 2.73. The van der Waals surface area contributed by atoms with Crippen LogP contribution in [0.2, 0.25) is 0 Å². The van der Waals surface area contributed by atoms with Crippen LogP contribution in [0.1, 0.15) is 11.1 Å². The Balaban J connectivity index is 2.42. The molecule has 19 heavy (non-hydrogen) atoms. The molecule has 0 aliphatic heterocycles. The van der Waals surface area contributed by atoms with Crippen molar-refractivity contribution in [3.63, 3.8) is 0 Å². The molecule has 0 radical (unpaired) electrons. The van der Waals surface area contributed by atoms with Crippen molar-refractivity contribution in [1.82, 2.24) is 0 Å². The van der Waals surface area contributed by atoms with Crippen LogP contribution in [0.15, 0.2) is 36.4 Å². The van der Waals surface area contributed by atoms with Crippen LogP contribution in [-0.2, 0) is 0 Å². The summed E-state index contributed by atoms with van der Waals surface area (Å²) in [6, 6.07) is 9.93. The molecular weight excluding hydrogens is 244 g/mol. The summed E-state index contributed by atoms with van der Waals surface area (Å²) in [5.41, 5.74) is 7.96. The summed E-state index contributed by atoms with van der Waals surface area (Å²) in [4.78, 5) is 10.5. The number of nitro benzene ring substituents is 1. The van der Waals surface area contributed by atoms with Gasteiger partial charge in [-0.2, -0.15) is 0 Å². The number of hydrogen-bond acceptors (Lipinski definition) is 4.